The fourth-order valence-corrected chi connectivity index (χ4v) is 3.35. The third kappa shape index (κ3) is 4.17. The summed E-state index contributed by atoms with van der Waals surface area (Å²) in [5, 5.41) is 0.636. The van der Waals surface area contributed by atoms with Gasteiger partial charge in [0.25, 0.3) is 0 Å². The Bertz CT molecular complexity index is 956. The molecule has 0 saturated carbocycles. The zero-order chi connectivity index (χ0) is 19.2. The van der Waals surface area contributed by atoms with Crippen molar-refractivity contribution in [2.75, 3.05) is 24.1 Å². The molecular formula is C19H19N3O4S. The van der Waals surface area contributed by atoms with Gasteiger partial charge in [-0.05, 0) is 32.0 Å². The molecule has 0 aliphatic heterocycles. The number of fused-ring (bicyclic) bond motifs is 1. The van der Waals surface area contributed by atoms with Crippen molar-refractivity contribution in [3.63, 3.8) is 0 Å². The number of pyridine rings is 1. The van der Waals surface area contributed by atoms with Crippen LogP contribution in [0.3, 0.4) is 0 Å². The van der Waals surface area contributed by atoms with Gasteiger partial charge in [-0.25, -0.2) is 14.6 Å². The first-order valence-electron chi connectivity index (χ1n) is 8.47. The minimum absolute atomic E-state index is 0.250. The van der Waals surface area contributed by atoms with Crippen molar-refractivity contribution in [1.82, 2.24) is 4.98 Å². The molecule has 3 aromatic rings. The predicted octanol–water partition coefficient (Wildman–Crippen LogP) is 4.09. The van der Waals surface area contributed by atoms with Gasteiger partial charge in [0, 0.05) is 11.6 Å². The maximum atomic E-state index is 12.3. The first-order valence-corrected chi connectivity index (χ1v) is 9.29. The Balaban J connectivity index is 2.02. The fraction of sp³-hybridized carbons (Fsp3) is 0.211. The summed E-state index contributed by atoms with van der Waals surface area (Å²) >= 11 is 1.21. The number of nitrogens with one attached hydrogen (secondary N) is 2. The number of hydrogen-bond acceptors (Lipinski definition) is 8. The minimum atomic E-state index is -0.492. The number of anilines is 2. The molecule has 0 bridgehead atoms. The van der Waals surface area contributed by atoms with Gasteiger partial charge in [-0.2, -0.15) is 0 Å². The Morgan fingerprint density at radius 2 is 1.74 bits per heavy atom. The second-order valence-electron chi connectivity index (χ2n) is 5.43. The van der Waals surface area contributed by atoms with Crippen molar-refractivity contribution in [3.05, 3.63) is 53.0 Å². The standard InChI is InChI=1S/C19H19N3O4S/c1-3-25-18(23)14-11-20-17-13(10-15(27-17)19(24)26-4-2)16(14)22-21-12-8-6-5-7-9-12/h5-11,21H,3-4H2,1-2H3,(H,20,22). The van der Waals surface area contributed by atoms with E-state index in [-0.39, 0.29) is 18.8 Å². The maximum Gasteiger partial charge on any atom is 0.348 e. The minimum Gasteiger partial charge on any atom is -0.462 e. The molecule has 27 heavy (non-hydrogen) atoms. The highest BCUT2D eigenvalue weighted by molar-refractivity contribution is 7.20. The van der Waals surface area contributed by atoms with Crippen LogP contribution in [0.4, 0.5) is 11.4 Å². The Morgan fingerprint density at radius 3 is 2.44 bits per heavy atom. The molecule has 8 heteroatoms. The zero-order valence-corrected chi connectivity index (χ0v) is 15.8. The molecule has 1 aromatic carbocycles. The number of hydrazine groups is 1. The van der Waals surface area contributed by atoms with Crippen molar-refractivity contribution in [2.24, 2.45) is 0 Å². The first-order chi connectivity index (χ1) is 13.1. The Morgan fingerprint density at radius 1 is 1.04 bits per heavy atom. The van der Waals surface area contributed by atoms with Crippen molar-refractivity contribution >= 4 is 44.9 Å². The normalized spacial score (nSPS) is 10.4. The number of hydrogen-bond donors (Lipinski definition) is 2. The second kappa shape index (κ2) is 8.50. The molecule has 2 N–H and O–H groups in total. The fourth-order valence-electron chi connectivity index (χ4n) is 2.45. The molecular weight excluding hydrogens is 366 g/mol. The van der Waals surface area contributed by atoms with Crippen LogP contribution in [0.15, 0.2) is 42.6 Å². The van der Waals surface area contributed by atoms with Crippen LogP contribution in [0.5, 0.6) is 0 Å². The third-order valence-electron chi connectivity index (χ3n) is 3.64. The van der Waals surface area contributed by atoms with E-state index < -0.39 is 11.9 Å². The van der Waals surface area contributed by atoms with E-state index in [1.807, 2.05) is 30.3 Å². The number of benzene rings is 1. The van der Waals surface area contributed by atoms with Crippen LogP contribution in [-0.4, -0.2) is 30.1 Å². The monoisotopic (exact) mass is 385 g/mol. The smallest absolute Gasteiger partial charge is 0.348 e. The van der Waals surface area contributed by atoms with E-state index in [4.69, 9.17) is 9.47 Å². The van der Waals surface area contributed by atoms with Crippen LogP contribution >= 0.6 is 11.3 Å². The summed E-state index contributed by atoms with van der Waals surface area (Å²) in [5.41, 5.74) is 7.71. The topological polar surface area (TPSA) is 89.6 Å². The number of ether oxygens (including phenoxy) is 2. The maximum absolute atomic E-state index is 12.3. The molecule has 0 amide bonds. The van der Waals surface area contributed by atoms with Gasteiger partial charge >= 0.3 is 11.9 Å². The summed E-state index contributed by atoms with van der Waals surface area (Å²) in [5.74, 6) is -0.909. The number of carbonyl (C=O) groups is 2. The highest BCUT2D eigenvalue weighted by Crippen LogP contribution is 2.33. The Labute approximate surface area is 160 Å². The van der Waals surface area contributed by atoms with Gasteiger partial charge in [0.15, 0.2) is 0 Å². The summed E-state index contributed by atoms with van der Waals surface area (Å²) in [4.78, 5) is 29.7. The summed E-state index contributed by atoms with van der Waals surface area (Å²) in [6.45, 7) is 4.02. The van der Waals surface area contributed by atoms with Gasteiger partial charge in [-0.3, -0.25) is 5.43 Å². The number of rotatable bonds is 7. The van der Waals surface area contributed by atoms with Gasteiger partial charge in [-0.1, -0.05) is 18.2 Å². The van der Waals surface area contributed by atoms with Gasteiger partial charge in [0.2, 0.25) is 0 Å². The van der Waals surface area contributed by atoms with Crippen molar-refractivity contribution in [3.8, 4) is 0 Å². The van der Waals surface area contributed by atoms with E-state index in [9.17, 15) is 9.59 Å². The summed E-state index contributed by atoms with van der Waals surface area (Å²) in [6, 6.07) is 11.1. The van der Waals surface area contributed by atoms with Crippen LogP contribution in [-0.2, 0) is 9.47 Å². The van der Waals surface area contributed by atoms with Crippen LogP contribution < -0.4 is 10.9 Å². The predicted molar refractivity (Wildman–Crippen MR) is 105 cm³/mol. The molecule has 140 valence electrons. The number of aromatic nitrogens is 1. The van der Waals surface area contributed by atoms with E-state index in [0.717, 1.165) is 5.69 Å². The average molecular weight is 385 g/mol. The van der Waals surface area contributed by atoms with Gasteiger partial charge < -0.3 is 14.9 Å². The van der Waals surface area contributed by atoms with E-state index in [1.54, 1.807) is 19.9 Å². The molecule has 0 spiro atoms. The molecule has 0 radical (unpaired) electrons. The highest BCUT2D eigenvalue weighted by atomic mass is 32.1. The van der Waals surface area contributed by atoms with Gasteiger partial charge in [0.1, 0.15) is 15.3 Å². The molecule has 2 heterocycles. The zero-order valence-electron chi connectivity index (χ0n) is 14.9. The number of carbonyl (C=O) groups excluding carboxylic acids is 2. The lowest BCUT2D eigenvalue weighted by Crippen LogP contribution is -2.15. The lowest BCUT2D eigenvalue weighted by molar-refractivity contribution is 0.0520. The number of esters is 2. The lowest BCUT2D eigenvalue weighted by atomic mass is 10.2. The summed E-state index contributed by atoms with van der Waals surface area (Å²) in [6.07, 6.45) is 1.45. The number of thiophene rings is 1. The molecule has 0 aliphatic rings. The van der Waals surface area contributed by atoms with Crippen LogP contribution in [0.2, 0.25) is 0 Å². The largest absolute Gasteiger partial charge is 0.462 e. The quantitative estimate of drug-likeness (QED) is 0.468. The molecule has 0 atom stereocenters. The summed E-state index contributed by atoms with van der Waals surface area (Å²) < 4.78 is 10.2. The molecule has 3 rings (SSSR count). The molecule has 7 nitrogen and oxygen atoms in total. The van der Waals surface area contributed by atoms with Crippen molar-refractivity contribution in [1.29, 1.82) is 0 Å². The number of para-hydroxylation sites is 1. The van der Waals surface area contributed by atoms with Crippen LogP contribution in [0.1, 0.15) is 33.9 Å². The second-order valence-corrected chi connectivity index (χ2v) is 6.46. The number of nitrogens with zero attached hydrogens (tertiary/aromatic N) is 1. The Kier molecular flexibility index (Phi) is 5.87. The third-order valence-corrected chi connectivity index (χ3v) is 4.66. The van der Waals surface area contributed by atoms with E-state index >= 15 is 0 Å². The van der Waals surface area contributed by atoms with Crippen LogP contribution in [0.25, 0.3) is 10.2 Å². The van der Waals surface area contributed by atoms with Crippen LogP contribution in [0, 0.1) is 0 Å². The van der Waals surface area contributed by atoms with E-state index in [0.29, 0.717) is 20.8 Å². The van der Waals surface area contributed by atoms with Crippen molar-refractivity contribution in [2.45, 2.75) is 13.8 Å². The molecule has 0 saturated heterocycles. The first kappa shape index (κ1) is 18.7. The van der Waals surface area contributed by atoms with E-state index in [1.165, 1.54) is 17.5 Å². The van der Waals surface area contributed by atoms with E-state index in [2.05, 4.69) is 15.8 Å². The molecule has 0 unspecified atom stereocenters. The Hall–Kier alpha value is -3.13. The molecule has 2 aromatic heterocycles. The lowest BCUT2D eigenvalue weighted by Gasteiger charge is -2.14. The van der Waals surface area contributed by atoms with Crippen molar-refractivity contribution < 1.29 is 19.1 Å². The van der Waals surface area contributed by atoms with Gasteiger partial charge in [0.05, 0.1) is 24.6 Å². The molecule has 0 fully saturated rings. The summed E-state index contributed by atoms with van der Waals surface area (Å²) in [7, 11) is 0. The van der Waals surface area contributed by atoms with Gasteiger partial charge in [-0.15, -0.1) is 11.3 Å². The SMILES string of the molecule is CCOC(=O)c1cc2c(NNc3ccccc3)c(C(=O)OCC)cnc2s1. The highest BCUT2D eigenvalue weighted by Gasteiger charge is 2.20. The molecule has 0 aliphatic carbocycles. The average Bonchev–Trinajstić information content (AvgIpc) is 3.12.